The molecule has 2 saturated heterocycles. The first-order valence-corrected chi connectivity index (χ1v) is 11.4. The van der Waals surface area contributed by atoms with E-state index in [-0.39, 0.29) is 11.8 Å². The molecule has 3 heterocycles. The second kappa shape index (κ2) is 10.3. The number of hydrogen-bond acceptors (Lipinski definition) is 6. The zero-order valence-electron chi connectivity index (χ0n) is 17.7. The predicted octanol–water partition coefficient (Wildman–Crippen LogP) is 0.666. The van der Waals surface area contributed by atoms with Gasteiger partial charge in [0.05, 0.1) is 13.2 Å². The number of nitrogens with one attached hydrogen (secondary N) is 1. The third kappa shape index (κ3) is 6.01. The average molecular weight is 419 g/mol. The second-order valence-corrected chi connectivity index (χ2v) is 8.79. The smallest absolute Gasteiger partial charge is 0.224 e. The summed E-state index contributed by atoms with van der Waals surface area (Å²) in [5.41, 5.74) is 0. The third-order valence-corrected chi connectivity index (χ3v) is 6.50. The highest BCUT2D eigenvalue weighted by Crippen LogP contribution is 2.35. The lowest BCUT2D eigenvalue weighted by Gasteiger charge is -2.33. The number of likely N-dealkylation sites (tertiary alicyclic amines) is 1. The van der Waals surface area contributed by atoms with Crippen LogP contribution in [0.15, 0.2) is 12.7 Å². The van der Waals surface area contributed by atoms with Crippen molar-refractivity contribution in [2.45, 2.75) is 63.6 Å². The summed E-state index contributed by atoms with van der Waals surface area (Å²) in [6.45, 7) is 5.16. The lowest BCUT2D eigenvalue weighted by atomic mass is 10.1. The molecule has 1 aromatic heterocycles. The van der Waals surface area contributed by atoms with E-state index in [0.29, 0.717) is 64.3 Å². The van der Waals surface area contributed by atoms with Gasteiger partial charge in [0.25, 0.3) is 0 Å². The molecule has 9 nitrogen and oxygen atoms in total. The van der Waals surface area contributed by atoms with E-state index in [1.807, 2.05) is 4.90 Å². The Kier molecular flexibility index (Phi) is 7.33. The zero-order valence-corrected chi connectivity index (χ0v) is 17.7. The van der Waals surface area contributed by atoms with Crippen LogP contribution in [0.2, 0.25) is 0 Å². The van der Waals surface area contributed by atoms with Crippen LogP contribution >= 0.6 is 0 Å². The Bertz CT molecular complexity index is 687. The van der Waals surface area contributed by atoms with E-state index in [2.05, 4.69) is 20.3 Å². The second-order valence-electron chi connectivity index (χ2n) is 8.79. The maximum Gasteiger partial charge on any atom is 0.224 e. The van der Waals surface area contributed by atoms with Crippen LogP contribution in [0, 0.1) is 5.92 Å². The van der Waals surface area contributed by atoms with E-state index in [9.17, 15) is 9.59 Å². The van der Waals surface area contributed by atoms with Crippen LogP contribution in [-0.2, 0) is 20.9 Å². The van der Waals surface area contributed by atoms with E-state index >= 15 is 0 Å². The van der Waals surface area contributed by atoms with Gasteiger partial charge in [-0.05, 0) is 38.0 Å². The first-order valence-electron chi connectivity index (χ1n) is 11.4. The number of amides is 2. The molecule has 0 spiro atoms. The zero-order chi connectivity index (χ0) is 20.8. The highest BCUT2D eigenvalue weighted by molar-refractivity contribution is 5.77. The molecule has 166 valence electrons. The molecule has 4 rings (SSSR count). The number of carbonyl (C=O) groups excluding carboxylic acids is 2. The van der Waals surface area contributed by atoms with E-state index in [1.165, 1.54) is 19.2 Å². The Morgan fingerprint density at radius 3 is 2.63 bits per heavy atom. The Hall–Kier alpha value is -2.00. The van der Waals surface area contributed by atoms with Gasteiger partial charge in [-0.1, -0.05) is 0 Å². The van der Waals surface area contributed by atoms with Crippen molar-refractivity contribution in [1.29, 1.82) is 0 Å². The minimum absolute atomic E-state index is 0.0920. The van der Waals surface area contributed by atoms with Crippen LogP contribution < -0.4 is 5.32 Å². The Morgan fingerprint density at radius 2 is 1.90 bits per heavy atom. The van der Waals surface area contributed by atoms with Crippen molar-refractivity contribution in [2.75, 3.05) is 39.4 Å². The van der Waals surface area contributed by atoms with Gasteiger partial charge >= 0.3 is 0 Å². The molecule has 1 N–H and O–H groups in total. The van der Waals surface area contributed by atoms with Crippen molar-refractivity contribution in [3.63, 3.8) is 0 Å². The van der Waals surface area contributed by atoms with Crippen LogP contribution in [0.3, 0.4) is 0 Å². The molecule has 3 fully saturated rings. The van der Waals surface area contributed by atoms with Crippen LogP contribution in [0.4, 0.5) is 0 Å². The number of ether oxygens (including phenoxy) is 1. The number of aryl methyl sites for hydroxylation is 1. The number of carbonyl (C=O) groups is 2. The Balaban J connectivity index is 1.22. The summed E-state index contributed by atoms with van der Waals surface area (Å²) in [7, 11) is 0. The normalized spacial score (nSPS) is 24.9. The topological polar surface area (TPSA) is 92.6 Å². The van der Waals surface area contributed by atoms with Gasteiger partial charge in [-0.15, -0.1) is 0 Å². The van der Waals surface area contributed by atoms with E-state index < -0.39 is 0 Å². The van der Waals surface area contributed by atoms with Crippen molar-refractivity contribution in [2.24, 2.45) is 5.92 Å². The van der Waals surface area contributed by atoms with Crippen LogP contribution in [-0.4, -0.2) is 87.9 Å². The number of aromatic nitrogens is 3. The third-order valence-electron chi connectivity index (χ3n) is 6.50. The Labute approximate surface area is 178 Å². The van der Waals surface area contributed by atoms with Gasteiger partial charge in [-0.25, -0.2) is 4.98 Å². The first-order chi connectivity index (χ1) is 14.7. The summed E-state index contributed by atoms with van der Waals surface area (Å²) in [4.78, 5) is 33.4. The molecule has 1 saturated carbocycles. The van der Waals surface area contributed by atoms with Gasteiger partial charge in [-0.2, -0.15) is 5.10 Å². The van der Waals surface area contributed by atoms with E-state index in [4.69, 9.17) is 4.74 Å². The maximum absolute atomic E-state index is 12.8. The quantitative estimate of drug-likeness (QED) is 0.600. The van der Waals surface area contributed by atoms with Gasteiger partial charge < -0.3 is 15.0 Å². The fraction of sp³-hybridized carbons (Fsp3) is 0.810. The van der Waals surface area contributed by atoms with E-state index in [0.717, 1.165) is 31.7 Å². The molecule has 30 heavy (non-hydrogen) atoms. The standard InChI is InChI=1S/C21H34N6O3/c28-20(2-1-7-26-16-22-15-24-26)23-13-19-6-5-18(27(19)14-17-3-4-17)12-21(29)25-8-10-30-11-9-25/h15-19H,1-14H2,(H,23,28)/t18-,19+/m1/s1. The van der Waals surface area contributed by atoms with Crippen molar-refractivity contribution < 1.29 is 14.3 Å². The van der Waals surface area contributed by atoms with Gasteiger partial charge in [0.1, 0.15) is 12.7 Å². The molecule has 0 bridgehead atoms. The average Bonchev–Trinajstić information content (AvgIpc) is 3.28. The Morgan fingerprint density at radius 1 is 1.10 bits per heavy atom. The van der Waals surface area contributed by atoms with Crippen molar-refractivity contribution >= 4 is 11.8 Å². The van der Waals surface area contributed by atoms with Crippen LogP contribution in [0.25, 0.3) is 0 Å². The molecular weight excluding hydrogens is 384 g/mol. The maximum atomic E-state index is 12.8. The largest absolute Gasteiger partial charge is 0.378 e. The van der Waals surface area contributed by atoms with Crippen LogP contribution in [0.1, 0.15) is 44.9 Å². The molecule has 0 radical (unpaired) electrons. The summed E-state index contributed by atoms with van der Waals surface area (Å²) in [5, 5.41) is 7.19. The molecule has 2 aliphatic heterocycles. The molecule has 9 heteroatoms. The summed E-state index contributed by atoms with van der Waals surface area (Å²) < 4.78 is 7.12. The van der Waals surface area contributed by atoms with Gasteiger partial charge in [0.15, 0.2) is 0 Å². The minimum atomic E-state index is 0.0920. The predicted molar refractivity (Wildman–Crippen MR) is 111 cm³/mol. The van der Waals surface area contributed by atoms with Crippen molar-refractivity contribution in [3.05, 3.63) is 12.7 Å². The number of nitrogens with zero attached hydrogens (tertiary/aromatic N) is 5. The summed E-state index contributed by atoms with van der Waals surface area (Å²) in [5.74, 6) is 1.11. The molecule has 1 aliphatic carbocycles. The fourth-order valence-corrected chi connectivity index (χ4v) is 4.56. The molecule has 3 aliphatic rings. The summed E-state index contributed by atoms with van der Waals surface area (Å²) >= 11 is 0. The number of morpholine rings is 1. The monoisotopic (exact) mass is 418 g/mol. The van der Waals surface area contributed by atoms with Crippen LogP contribution in [0.5, 0.6) is 0 Å². The van der Waals surface area contributed by atoms with Crippen molar-refractivity contribution in [1.82, 2.24) is 29.9 Å². The highest BCUT2D eigenvalue weighted by atomic mass is 16.5. The molecule has 0 aromatic carbocycles. The van der Waals surface area contributed by atoms with Gasteiger partial charge in [0.2, 0.25) is 11.8 Å². The minimum Gasteiger partial charge on any atom is -0.378 e. The van der Waals surface area contributed by atoms with E-state index in [1.54, 1.807) is 11.0 Å². The summed E-state index contributed by atoms with van der Waals surface area (Å²) in [6, 6.07) is 0.641. The molecule has 2 atom stereocenters. The van der Waals surface area contributed by atoms with Gasteiger partial charge in [0, 0.05) is 57.6 Å². The SMILES string of the molecule is O=C(CCCn1cncn1)NC[C@@H]1CC[C@H](CC(=O)N2CCOCC2)N1CC1CC1. The lowest BCUT2D eigenvalue weighted by Crippen LogP contribution is -2.47. The summed E-state index contributed by atoms with van der Waals surface area (Å²) in [6.07, 6.45) is 9.69. The fourth-order valence-electron chi connectivity index (χ4n) is 4.56. The van der Waals surface area contributed by atoms with Crippen molar-refractivity contribution in [3.8, 4) is 0 Å². The number of hydrogen-bond donors (Lipinski definition) is 1. The first kappa shape index (κ1) is 21.2. The molecule has 1 aromatic rings. The number of rotatable bonds is 10. The highest BCUT2D eigenvalue weighted by Gasteiger charge is 2.38. The van der Waals surface area contributed by atoms with Gasteiger partial charge in [-0.3, -0.25) is 19.2 Å². The molecule has 0 unspecified atom stereocenters. The molecular formula is C21H34N6O3. The lowest BCUT2D eigenvalue weighted by molar-refractivity contribution is -0.136. The molecule has 2 amide bonds.